The van der Waals surface area contributed by atoms with Crippen LogP contribution in [0.5, 0.6) is 11.5 Å². The normalized spacial score (nSPS) is 14.6. The van der Waals surface area contributed by atoms with E-state index in [0.717, 1.165) is 11.3 Å². The minimum atomic E-state index is -0.0946. The first-order valence-electron chi connectivity index (χ1n) is 9.76. The van der Waals surface area contributed by atoms with Gasteiger partial charge in [0, 0.05) is 30.8 Å². The van der Waals surface area contributed by atoms with Crippen LogP contribution < -0.4 is 14.8 Å². The predicted octanol–water partition coefficient (Wildman–Crippen LogP) is 4.25. The average molecular weight is 429 g/mol. The fourth-order valence-electron chi connectivity index (χ4n) is 3.43. The Hall–Kier alpha value is -2.99. The lowest BCUT2D eigenvalue weighted by Gasteiger charge is -2.30. The van der Waals surface area contributed by atoms with Crippen LogP contribution in [0.2, 0.25) is 5.02 Å². The number of amides is 2. The van der Waals surface area contributed by atoms with Crippen molar-refractivity contribution in [3.63, 3.8) is 0 Å². The van der Waals surface area contributed by atoms with Crippen molar-refractivity contribution >= 4 is 35.2 Å². The molecule has 2 amide bonds. The third-order valence-corrected chi connectivity index (χ3v) is 5.37. The molecule has 1 saturated heterocycles. The molecule has 1 aliphatic rings. The number of para-hydroxylation sites is 1. The van der Waals surface area contributed by atoms with Crippen molar-refractivity contribution in [2.24, 2.45) is 5.92 Å². The molecule has 0 saturated carbocycles. The molecule has 0 atom stereocenters. The van der Waals surface area contributed by atoms with Crippen LogP contribution in [0.3, 0.4) is 0 Å². The van der Waals surface area contributed by atoms with Crippen LogP contribution in [0.25, 0.3) is 6.08 Å². The fourth-order valence-corrected chi connectivity index (χ4v) is 3.73. The smallest absolute Gasteiger partial charge is 0.246 e. The zero-order valence-electron chi connectivity index (χ0n) is 17.1. The Balaban J connectivity index is 1.55. The summed E-state index contributed by atoms with van der Waals surface area (Å²) in [6.45, 7) is 1.09. The molecule has 0 radical (unpaired) electrons. The quantitative estimate of drug-likeness (QED) is 0.698. The second-order valence-electron chi connectivity index (χ2n) is 7.03. The van der Waals surface area contributed by atoms with Crippen molar-refractivity contribution in [3.05, 3.63) is 59.1 Å². The molecular weight excluding hydrogens is 404 g/mol. The van der Waals surface area contributed by atoms with E-state index in [0.29, 0.717) is 42.5 Å². The summed E-state index contributed by atoms with van der Waals surface area (Å²) in [7, 11) is 3.05. The van der Waals surface area contributed by atoms with Crippen molar-refractivity contribution in [3.8, 4) is 11.5 Å². The van der Waals surface area contributed by atoms with E-state index in [1.807, 2.05) is 30.3 Å². The van der Waals surface area contributed by atoms with Crippen LogP contribution in [-0.4, -0.2) is 44.0 Å². The van der Waals surface area contributed by atoms with Crippen molar-refractivity contribution in [2.75, 3.05) is 32.6 Å². The maximum atomic E-state index is 12.6. The lowest BCUT2D eigenvalue weighted by Crippen LogP contribution is -2.40. The number of piperidine rings is 1. The van der Waals surface area contributed by atoms with E-state index in [4.69, 9.17) is 21.1 Å². The number of likely N-dealkylation sites (tertiary alicyclic amines) is 1. The van der Waals surface area contributed by atoms with E-state index in [-0.39, 0.29) is 17.7 Å². The van der Waals surface area contributed by atoms with Gasteiger partial charge in [-0.05, 0) is 48.7 Å². The summed E-state index contributed by atoms with van der Waals surface area (Å²) in [6, 6.07) is 12.9. The van der Waals surface area contributed by atoms with Crippen LogP contribution in [-0.2, 0) is 9.59 Å². The van der Waals surface area contributed by atoms with E-state index < -0.39 is 0 Å². The standard InChI is InChI=1S/C23H25ClN2O4/c1-29-20-15-16(14-19(24)22(20)30-2)8-9-21(27)26-12-10-17(11-13-26)23(28)25-18-6-4-3-5-7-18/h3-9,14-15,17H,10-13H2,1-2H3,(H,25,28)/b9-8+. The van der Waals surface area contributed by atoms with Crippen LogP contribution >= 0.6 is 11.6 Å². The highest BCUT2D eigenvalue weighted by atomic mass is 35.5. The Morgan fingerprint density at radius 2 is 1.80 bits per heavy atom. The zero-order chi connectivity index (χ0) is 21.5. The molecule has 2 aromatic carbocycles. The largest absolute Gasteiger partial charge is 0.493 e. The first kappa shape index (κ1) is 21.7. The fraction of sp³-hybridized carbons (Fsp3) is 0.304. The molecule has 2 aromatic rings. The Morgan fingerprint density at radius 1 is 1.10 bits per heavy atom. The highest BCUT2D eigenvalue weighted by Gasteiger charge is 2.26. The summed E-state index contributed by atoms with van der Waals surface area (Å²) in [6.07, 6.45) is 4.49. The highest BCUT2D eigenvalue weighted by molar-refractivity contribution is 6.32. The number of hydrogen-bond acceptors (Lipinski definition) is 4. The van der Waals surface area contributed by atoms with Gasteiger partial charge in [0.05, 0.1) is 19.2 Å². The molecule has 0 unspecified atom stereocenters. The van der Waals surface area contributed by atoms with E-state index >= 15 is 0 Å². The Kier molecular flexibility index (Phi) is 7.36. The second-order valence-corrected chi connectivity index (χ2v) is 7.43. The molecule has 0 bridgehead atoms. The second kappa shape index (κ2) is 10.2. The maximum absolute atomic E-state index is 12.6. The molecule has 6 nitrogen and oxygen atoms in total. The van der Waals surface area contributed by atoms with Gasteiger partial charge < -0.3 is 19.7 Å². The first-order valence-corrected chi connectivity index (χ1v) is 10.1. The van der Waals surface area contributed by atoms with Gasteiger partial charge in [-0.15, -0.1) is 0 Å². The van der Waals surface area contributed by atoms with Crippen LogP contribution in [0.15, 0.2) is 48.5 Å². The van der Waals surface area contributed by atoms with Gasteiger partial charge in [0.15, 0.2) is 11.5 Å². The summed E-state index contributed by atoms with van der Waals surface area (Å²) < 4.78 is 10.5. The SMILES string of the molecule is COc1cc(/C=C/C(=O)N2CCC(C(=O)Nc3ccccc3)CC2)cc(Cl)c1OC. The number of nitrogens with zero attached hydrogens (tertiary/aromatic N) is 1. The molecule has 0 spiro atoms. The maximum Gasteiger partial charge on any atom is 0.246 e. The van der Waals surface area contributed by atoms with Gasteiger partial charge in [-0.2, -0.15) is 0 Å². The third kappa shape index (κ3) is 5.33. The third-order valence-electron chi connectivity index (χ3n) is 5.09. The predicted molar refractivity (Wildman–Crippen MR) is 118 cm³/mol. The number of methoxy groups -OCH3 is 2. The van der Waals surface area contributed by atoms with Gasteiger partial charge in [0.2, 0.25) is 11.8 Å². The zero-order valence-corrected chi connectivity index (χ0v) is 17.8. The minimum Gasteiger partial charge on any atom is -0.493 e. The lowest BCUT2D eigenvalue weighted by molar-refractivity contribution is -0.130. The van der Waals surface area contributed by atoms with Crippen molar-refractivity contribution < 1.29 is 19.1 Å². The van der Waals surface area contributed by atoms with E-state index in [1.54, 1.807) is 23.1 Å². The number of anilines is 1. The molecule has 0 aromatic heterocycles. The molecular formula is C23H25ClN2O4. The van der Waals surface area contributed by atoms with Gasteiger partial charge >= 0.3 is 0 Å². The molecule has 0 aliphatic carbocycles. The van der Waals surface area contributed by atoms with Crippen molar-refractivity contribution in [1.82, 2.24) is 4.90 Å². The molecule has 7 heteroatoms. The van der Waals surface area contributed by atoms with E-state index in [9.17, 15) is 9.59 Å². The van der Waals surface area contributed by atoms with E-state index in [1.165, 1.54) is 20.3 Å². The number of rotatable bonds is 6. The van der Waals surface area contributed by atoms with E-state index in [2.05, 4.69) is 5.32 Å². The monoisotopic (exact) mass is 428 g/mol. The molecule has 158 valence electrons. The number of carbonyl (C=O) groups is 2. The Bertz CT molecular complexity index is 922. The van der Waals surface area contributed by atoms with Crippen molar-refractivity contribution in [1.29, 1.82) is 0 Å². The molecule has 1 N–H and O–H groups in total. The van der Waals surface area contributed by atoms with Gasteiger partial charge in [-0.25, -0.2) is 0 Å². The number of carbonyl (C=O) groups excluding carboxylic acids is 2. The number of hydrogen-bond donors (Lipinski definition) is 1. The molecule has 3 rings (SSSR count). The number of benzene rings is 2. The molecule has 30 heavy (non-hydrogen) atoms. The average Bonchev–Trinajstić information content (AvgIpc) is 2.77. The van der Waals surface area contributed by atoms with Crippen molar-refractivity contribution in [2.45, 2.75) is 12.8 Å². The Labute approximate surface area is 181 Å². The minimum absolute atomic E-state index is 0.00353. The summed E-state index contributed by atoms with van der Waals surface area (Å²) in [5, 5.41) is 3.35. The first-order chi connectivity index (χ1) is 14.5. The topological polar surface area (TPSA) is 67.9 Å². The summed E-state index contributed by atoms with van der Waals surface area (Å²) in [5.41, 5.74) is 1.53. The molecule has 1 heterocycles. The van der Waals surface area contributed by atoms with Crippen LogP contribution in [0.4, 0.5) is 5.69 Å². The Morgan fingerprint density at radius 3 is 2.43 bits per heavy atom. The highest BCUT2D eigenvalue weighted by Crippen LogP contribution is 2.36. The van der Waals surface area contributed by atoms with Crippen LogP contribution in [0, 0.1) is 5.92 Å². The van der Waals surface area contributed by atoms with Gasteiger partial charge in [0.1, 0.15) is 0 Å². The molecule has 1 fully saturated rings. The number of ether oxygens (including phenoxy) is 2. The van der Waals surface area contributed by atoms with Crippen LogP contribution in [0.1, 0.15) is 18.4 Å². The summed E-state index contributed by atoms with van der Waals surface area (Å²) >= 11 is 6.21. The summed E-state index contributed by atoms with van der Waals surface area (Å²) in [4.78, 5) is 26.7. The summed E-state index contributed by atoms with van der Waals surface area (Å²) in [5.74, 6) is 0.773. The number of halogens is 1. The molecule has 1 aliphatic heterocycles. The van der Waals surface area contributed by atoms with Gasteiger partial charge in [-0.3, -0.25) is 9.59 Å². The van der Waals surface area contributed by atoms with Gasteiger partial charge in [-0.1, -0.05) is 29.8 Å². The number of nitrogens with one attached hydrogen (secondary N) is 1. The van der Waals surface area contributed by atoms with Gasteiger partial charge in [0.25, 0.3) is 0 Å². The lowest BCUT2D eigenvalue weighted by atomic mass is 9.95.